The Morgan fingerprint density at radius 1 is 1.28 bits per heavy atom. The summed E-state index contributed by atoms with van der Waals surface area (Å²) in [7, 11) is 0. The molecule has 5 nitrogen and oxygen atoms in total. The fourth-order valence-electron chi connectivity index (χ4n) is 2.99. The summed E-state index contributed by atoms with van der Waals surface area (Å²) in [5, 5.41) is 9.83. The molecule has 1 N–H and O–H groups in total. The Labute approximate surface area is 143 Å². The largest absolute Gasteiger partial charge is 0.483 e. The number of hydrogen-bond donors (Lipinski definition) is 1. The van der Waals surface area contributed by atoms with Crippen molar-refractivity contribution in [3.8, 4) is 5.75 Å². The number of rotatable bonds is 3. The molecular formula is C18H18F2N2O3. The minimum atomic E-state index is -3.99. The van der Waals surface area contributed by atoms with Gasteiger partial charge in [-0.05, 0) is 44.5 Å². The normalized spacial score (nSPS) is 17.0. The number of aryl methyl sites for hydroxylation is 2. The third-order valence-electron chi connectivity index (χ3n) is 3.97. The lowest BCUT2D eigenvalue weighted by Gasteiger charge is -2.35. The van der Waals surface area contributed by atoms with E-state index in [2.05, 4.69) is 9.72 Å². The van der Waals surface area contributed by atoms with Crippen molar-refractivity contribution in [1.29, 1.82) is 0 Å². The average molecular weight is 348 g/mol. The molecule has 0 spiro atoms. The van der Waals surface area contributed by atoms with E-state index in [1.807, 2.05) is 0 Å². The smallest absolute Gasteiger partial charge is 0.423 e. The maximum atomic E-state index is 14.1. The first-order valence-corrected chi connectivity index (χ1v) is 7.83. The Kier molecular flexibility index (Phi) is 4.20. The molecule has 0 bridgehead atoms. The van der Waals surface area contributed by atoms with E-state index in [1.165, 1.54) is 19.1 Å². The number of alkyl halides is 2. The first-order valence-electron chi connectivity index (χ1n) is 7.83. The number of aliphatic hydroxyl groups is 1. The number of halogens is 2. The van der Waals surface area contributed by atoms with E-state index in [-0.39, 0.29) is 23.5 Å². The van der Waals surface area contributed by atoms with Gasteiger partial charge in [0.05, 0.1) is 18.3 Å². The lowest BCUT2D eigenvalue weighted by Crippen LogP contribution is -2.50. The predicted molar refractivity (Wildman–Crippen MR) is 87.6 cm³/mol. The van der Waals surface area contributed by atoms with E-state index in [9.17, 15) is 18.7 Å². The molecule has 2 heterocycles. The Hall–Kier alpha value is -2.54. The van der Waals surface area contributed by atoms with Gasteiger partial charge in [-0.1, -0.05) is 12.1 Å². The third-order valence-corrected chi connectivity index (χ3v) is 3.97. The highest BCUT2D eigenvalue weighted by atomic mass is 19.3. The van der Waals surface area contributed by atoms with Crippen LogP contribution in [0.5, 0.6) is 5.75 Å². The van der Waals surface area contributed by atoms with Gasteiger partial charge in [0, 0.05) is 17.0 Å². The number of benzene rings is 1. The van der Waals surface area contributed by atoms with Crippen LogP contribution in [0, 0.1) is 13.8 Å². The zero-order valence-electron chi connectivity index (χ0n) is 14.1. The number of aliphatic hydroxyl groups excluding tert-OH is 1. The standard InChI is InChI=1S/C18H18F2N2O3/c1-10-7-13(8-11(2)21-10)9-22-15-6-4-5-14(12(3)23)16(15)25-18(19,20)17(22)24/h4-8,12,23H,9H2,1-3H3. The molecule has 3 rings (SSSR count). The van der Waals surface area contributed by atoms with E-state index < -0.39 is 18.1 Å². The molecule has 1 aliphatic heterocycles. The van der Waals surface area contributed by atoms with Crippen molar-refractivity contribution >= 4 is 11.6 Å². The van der Waals surface area contributed by atoms with Gasteiger partial charge in [-0.25, -0.2) is 0 Å². The molecule has 1 aromatic heterocycles. The van der Waals surface area contributed by atoms with E-state index in [4.69, 9.17) is 0 Å². The molecule has 2 aromatic rings. The highest BCUT2D eigenvalue weighted by Crippen LogP contribution is 2.44. The van der Waals surface area contributed by atoms with E-state index in [1.54, 1.807) is 32.0 Å². The number of aromatic nitrogens is 1. The summed E-state index contributed by atoms with van der Waals surface area (Å²) in [5.74, 6) is -1.61. The molecular weight excluding hydrogens is 330 g/mol. The van der Waals surface area contributed by atoms with Crippen molar-refractivity contribution in [1.82, 2.24) is 4.98 Å². The third kappa shape index (κ3) is 3.19. The molecule has 1 amide bonds. The SMILES string of the molecule is Cc1cc(CN2C(=O)C(F)(F)Oc3c(C(C)O)cccc32)cc(C)n1. The summed E-state index contributed by atoms with van der Waals surface area (Å²) in [6.45, 7) is 5.00. The van der Waals surface area contributed by atoms with Gasteiger partial charge < -0.3 is 9.84 Å². The Bertz CT molecular complexity index is 817. The molecule has 0 saturated carbocycles. The first-order chi connectivity index (χ1) is 11.7. The fraction of sp³-hybridized carbons (Fsp3) is 0.333. The van der Waals surface area contributed by atoms with Crippen LogP contribution < -0.4 is 9.64 Å². The van der Waals surface area contributed by atoms with Gasteiger partial charge in [0.15, 0.2) is 5.75 Å². The summed E-state index contributed by atoms with van der Waals surface area (Å²) < 4.78 is 32.9. The fourth-order valence-corrected chi connectivity index (χ4v) is 2.99. The zero-order chi connectivity index (χ0) is 18.4. The van der Waals surface area contributed by atoms with Crippen molar-refractivity contribution in [3.63, 3.8) is 0 Å². The van der Waals surface area contributed by atoms with Crippen LogP contribution in [0.1, 0.15) is 35.5 Å². The quantitative estimate of drug-likeness (QED) is 0.925. The van der Waals surface area contributed by atoms with Crippen LogP contribution in [-0.2, 0) is 11.3 Å². The lowest BCUT2D eigenvalue weighted by molar-refractivity contribution is -0.193. The number of nitrogens with zero attached hydrogens (tertiary/aromatic N) is 2. The molecule has 1 aliphatic rings. The van der Waals surface area contributed by atoms with Crippen LogP contribution >= 0.6 is 0 Å². The molecule has 7 heteroatoms. The van der Waals surface area contributed by atoms with Gasteiger partial charge in [-0.15, -0.1) is 0 Å². The number of hydrogen-bond acceptors (Lipinski definition) is 4. The van der Waals surface area contributed by atoms with Gasteiger partial charge in [-0.2, -0.15) is 8.78 Å². The van der Waals surface area contributed by atoms with Crippen molar-refractivity contribution in [3.05, 3.63) is 52.8 Å². The topological polar surface area (TPSA) is 62.7 Å². The van der Waals surface area contributed by atoms with Crippen LogP contribution in [0.25, 0.3) is 0 Å². The molecule has 1 atom stereocenters. The minimum Gasteiger partial charge on any atom is -0.423 e. The zero-order valence-corrected chi connectivity index (χ0v) is 14.1. The van der Waals surface area contributed by atoms with Crippen molar-refractivity contribution in [2.24, 2.45) is 0 Å². The Morgan fingerprint density at radius 2 is 1.92 bits per heavy atom. The van der Waals surface area contributed by atoms with Gasteiger partial charge >= 0.3 is 12.0 Å². The summed E-state index contributed by atoms with van der Waals surface area (Å²) in [6.07, 6.45) is -5.00. The van der Waals surface area contributed by atoms with Crippen LogP contribution in [0.4, 0.5) is 14.5 Å². The average Bonchev–Trinajstić information content (AvgIpc) is 2.50. The van der Waals surface area contributed by atoms with Crippen LogP contribution in [0.3, 0.4) is 0 Å². The van der Waals surface area contributed by atoms with Crippen molar-refractivity contribution in [2.75, 3.05) is 4.90 Å². The molecule has 1 aromatic carbocycles. The maximum absolute atomic E-state index is 14.1. The summed E-state index contributed by atoms with van der Waals surface area (Å²) >= 11 is 0. The lowest BCUT2D eigenvalue weighted by atomic mass is 10.1. The second kappa shape index (κ2) is 6.07. The summed E-state index contributed by atoms with van der Waals surface area (Å²) in [5.41, 5.74) is 2.57. The number of carbonyl (C=O) groups is 1. The van der Waals surface area contributed by atoms with Crippen molar-refractivity contribution in [2.45, 2.75) is 39.5 Å². The highest BCUT2D eigenvalue weighted by molar-refractivity contribution is 6.01. The molecule has 132 valence electrons. The number of fused-ring (bicyclic) bond motifs is 1. The van der Waals surface area contributed by atoms with E-state index in [0.717, 1.165) is 16.3 Å². The van der Waals surface area contributed by atoms with Gasteiger partial charge in [0.1, 0.15) is 0 Å². The maximum Gasteiger partial charge on any atom is 0.483 e. The monoisotopic (exact) mass is 348 g/mol. The number of para-hydroxylation sites is 1. The number of anilines is 1. The molecule has 0 saturated heterocycles. The van der Waals surface area contributed by atoms with Crippen LogP contribution in [0.2, 0.25) is 0 Å². The Balaban J connectivity index is 2.10. The molecule has 25 heavy (non-hydrogen) atoms. The second-order valence-corrected chi connectivity index (χ2v) is 6.14. The summed E-state index contributed by atoms with van der Waals surface area (Å²) in [6, 6.07) is 8.10. The van der Waals surface area contributed by atoms with Crippen LogP contribution in [0.15, 0.2) is 30.3 Å². The predicted octanol–water partition coefficient (Wildman–Crippen LogP) is 3.27. The Morgan fingerprint density at radius 3 is 2.52 bits per heavy atom. The van der Waals surface area contributed by atoms with Gasteiger partial charge in [-0.3, -0.25) is 14.7 Å². The number of pyridine rings is 1. The number of ether oxygens (including phenoxy) is 1. The van der Waals surface area contributed by atoms with E-state index in [0.29, 0.717) is 5.56 Å². The van der Waals surface area contributed by atoms with Gasteiger partial charge in [0.25, 0.3) is 0 Å². The molecule has 0 aliphatic carbocycles. The highest BCUT2D eigenvalue weighted by Gasteiger charge is 2.51. The molecule has 0 radical (unpaired) electrons. The van der Waals surface area contributed by atoms with Gasteiger partial charge in [0.2, 0.25) is 0 Å². The first kappa shape index (κ1) is 17.3. The minimum absolute atomic E-state index is 0.0434. The molecule has 1 unspecified atom stereocenters. The summed E-state index contributed by atoms with van der Waals surface area (Å²) in [4.78, 5) is 17.5. The number of amides is 1. The second-order valence-electron chi connectivity index (χ2n) is 6.14. The molecule has 0 fully saturated rings. The van der Waals surface area contributed by atoms with Crippen LogP contribution in [-0.4, -0.2) is 22.1 Å². The van der Waals surface area contributed by atoms with E-state index >= 15 is 0 Å². The van der Waals surface area contributed by atoms with Crippen molar-refractivity contribution < 1.29 is 23.4 Å². The number of carbonyl (C=O) groups excluding carboxylic acids is 1.